The molecule has 2 fully saturated rings. The Morgan fingerprint density at radius 1 is 1.50 bits per heavy atom. The van der Waals surface area contributed by atoms with Gasteiger partial charge in [0.2, 0.25) is 5.91 Å². The van der Waals surface area contributed by atoms with Crippen molar-refractivity contribution in [2.45, 2.75) is 43.7 Å². The Kier molecular flexibility index (Phi) is 4.59. The number of hydrogen-bond acceptors (Lipinski definition) is 4. The van der Waals surface area contributed by atoms with Crippen LogP contribution in [0.25, 0.3) is 0 Å². The highest BCUT2D eigenvalue weighted by atomic mass is 16.5. The van der Waals surface area contributed by atoms with Crippen molar-refractivity contribution in [3.8, 4) is 0 Å². The quantitative estimate of drug-likeness (QED) is 0.799. The normalized spacial score (nSPS) is 32.8. The molecule has 1 saturated carbocycles. The lowest BCUT2D eigenvalue weighted by Crippen LogP contribution is -2.56. The summed E-state index contributed by atoms with van der Waals surface area (Å²) in [5.41, 5.74) is 5.80. The Labute approximate surface area is 109 Å². The van der Waals surface area contributed by atoms with Crippen LogP contribution in [0.4, 0.5) is 0 Å². The van der Waals surface area contributed by atoms with Crippen LogP contribution in [0.3, 0.4) is 0 Å². The van der Waals surface area contributed by atoms with Crippen molar-refractivity contribution < 1.29 is 14.3 Å². The van der Waals surface area contributed by atoms with Crippen LogP contribution >= 0.6 is 0 Å². The summed E-state index contributed by atoms with van der Waals surface area (Å²) in [5, 5.41) is 0. The van der Waals surface area contributed by atoms with Crippen molar-refractivity contribution in [3.05, 3.63) is 0 Å². The maximum absolute atomic E-state index is 12.0. The minimum atomic E-state index is -0.128. The predicted molar refractivity (Wildman–Crippen MR) is 68.2 cm³/mol. The van der Waals surface area contributed by atoms with Gasteiger partial charge in [0.25, 0.3) is 0 Å². The number of methoxy groups -OCH3 is 1. The summed E-state index contributed by atoms with van der Waals surface area (Å²) in [6.45, 7) is 2.57. The van der Waals surface area contributed by atoms with Crippen LogP contribution in [-0.2, 0) is 14.3 Å². The lowest BCUT2D eigenvalue weighted by Gasteiger charge is -2.46. The zero-order valence-corrected chi connectivity index (χ0v) is 11.2. The molecule has 2 N–H and O–H groups in total. The van der Waals surface area contributed by atoms with Gasteiger partial charge in [0, 0.05) is 26.2 Å². The van der Waals surface area contributed by atoms with Crippen molar-refractivity contribution in [1.82, 2.24) is 4.90 Å². The first kappa shape index (κ1) is 13.8. The summed E-state index contributed by atoms with van der Waals surface area (Å²) < 4.78 is 10.9. The van der Waals surface area contributed by atoms with Crippen molar-refractivity contribution in [3.63, 3.8) is 0 Å². The van der Waals surface area contributed by atoms with Crippen LogP contribution < -0.4 is 5.73 Å². The monoisotopic (exact) mass is 256 g/mol. The maximum atomic E-state index is 12.0. The maximum Gasteiger partial charge on any atom is 0.225 e. The fraction of sp³-hybridized carbons (Fsp3) is 0.923. The molecule has 5 heteroatoms. The fourth-order valence-electron chi connectivity index (χ4n) is 2.87. The summed E-state index contributed by atoms with van der Waals surface area (Å²) in [6, 6.07) is 0.304. The molecule has 104 valence electrons. The number of morpholine rings is 1. The third-order valence-corrected chi connectivity index (χ3v) is 4.06. The van der Waals surface area contributed by atoms with Gasteiger partial charge in [0.15, 0.2) is 0 Å². The Bertz CT molecular complexity index is 288. The van der Waals surface area contributed by atoms with Gasteiger partial charge in [-0.2, -0.15) is 0 Å². The van der Waals surface area contributed by atoms with E-state index in [1.807, 2.05) is 4.90 Å². The van der Waals surface area contributed by atoms with E-state index in [1.54, 1.807) is 7.11 Å². The molecule has 0 atom stereocenters. The van der Waals surface area contributed by atoms with Gasteiger partial charge in [-0.1, -0.05) is 0 Å². The van der Waals surface area contributed by atoms with Gasteiger partial charge < -0.3 is 20.1 Å². The first-order valence-electron chi connectivity index (χ1n) is 6.81. The standard InChI is InChI=1S/C13H24N2O3/c1-17-8-4-12(16)15-7-9-18-13(10-15)5-2-11(14)3-6-13/h11H,2-10,14H2,1H3. The molecule has 1 spiro atoms. The number of amides is 1. The molecule has 5 nitrogen and oxygen atoms in total. The zero-order chi connectivity index (χ0) is 13.0. The molecule has 0 unspecified atom stereocenters. The number of ether oxygens (including phenoxy) is 2. The number of carbonyl (C=O) groups excluding carboxylic acids is 1. The average molecular weight is 256 g/mol. The summed E-state index contributed by atoms with van der Waals surface area (Å²) >= 11 is 0. The molecule has 1 saturated heterocycles. The van der Waals surface area contributed by atoms with Crippen LogP contribution in [0, 0.1) is 0 Å². The summed E-state index contributed by atoms with van der Waals surface area (Å²) in [7, 11) is 1.62. The summed E-state index contributed by atoms with van der Waals surface area (Å²) in [6.07, 6.45) is 4.41. The topological polar surface area (TPSA) is 64.8 Å². The highest BCUT2D eigenvalue weighted by molar-refractivity contribution is 5.76. The molecule has 2 rings (SSSR count). The van der Waals surface area contributed by atoms with Gasteiger partial charge in [0.1, 0.15) is 0 Å². The van der Waals surface area contributed by atoms with Gasteiger partial charge in [-0.15, -0.1) is 0 Å². The zero-order valence-electron chi connectivity index (χ0n) is 11.2. The van der Waals surface area contributed by atoms with E-state index in [2.05, 4.69) is 0 Å². The third-order valence-electron chi connectivity index (χ3n) is 4.06. The fourth-order valence-corrected chi connectivity index (χ4v) is 2.87. The molecular formula is C13H24N2O3. The lowest BCUT2D eigenvalue weighted by molar-refractivity contribution is -0.157. The number of nitrogens with zero attached hydrogens (tertiary/aromatic N) is 1. The molecule has 0 radical (unpaired) electrons. The van der Waals surface area contributed by atoms with E-state index in [1.165, 1.54) is 0 Å². The Balaban J connectivity index is 1.89. The molecule has 1 aliphatic carbocycles. The molecule has 0 aromatic rings. The van der Waals surface area contributed by atoms with E-state index in [9.17, 15) is 4.79 Å². The molecular weight excluding hydrogens is 232 g/mol. The lowest BCUT2D eigenvalue weighted by atomic mass is 9.81. The van der Waals surface area contributed by atoms with Crippen molar-refractivity contribution in [2.24, 2.45) is 5.73 Å². The highest BCUT2D eigenvalue weighted by Gasteiger charge is 2.40. The summed E-state index contributed by atoms with van der Waals surface area (Å²) in [5.74, 6) is 0.175. The third kappa shape index (κ3) is 3.22. The molecule has 0 aromatic carbocycles. The number of carbonyl (C=O) groups is 1. The largest absolute Gasteiger partial charge is 0.384 e. The van der Waals surface area contributed by atoms with Gasteiger partial charge >= 0.3 is 0 Å². The van der Waals surface area contributed by atoms with Crippen molar-refractivity contribution in [2.75, 3.05) is 33.4 Å². The first-order valence-corrected chi connectivity index (χ1v) is 6.81. The molecule has 0 aromatic heterocycles. The van der Waals surface area contributed by atoms with Gasteiger partial charge in [-0.3, -0.25) is 4.79 Å². The van der Waals surface area contributed by atoms with Crippen LogP contribution in [0.15, 0.2) is 0 Å². The number of hydrogen-bond donors (Lipinski definition) is 1. The Hall–Kier alpha value is -0.650. The number of nitrogens with two attached hydrogens (primary N) is 1. The minimum Gasteiger partial charge on any atom is -0.384 e. The van der Waals surface area contributed by atoms with E-state index >= 15 is 0 Å². The summed E-state index contributed by atoms with van der Waals surface area (Å²) in [4.78, 5) is 13.9. The highest BCUT2D eigenvalue weighted by Crippen LogP contribution is 2.34. The van der Waals surface area contributed by atoms with Crippen LogP contribution in [-0.4, -0.2) is 55.9 Å². The predicted octanol–water partition coefficient (Wildman–Crippen LogP) is 0.522. The van der Waals surface area contributed by atoms with Gasteiger partial charge in [-0.25, -0.2) is 0 Å². The second-order valence-corrected chi connectivity index (χ2v) is 5.43. The smallest absolute Gasteiger partial charge is 0.225 e. The molecule has 1 aliphatic heterocycles. The molecule has 1 amide bonds. The SMILES string of the molecule is COCCC(=O)N1CCOC2(CCC(N)CC2)C1. The Morgan fingerprint density at radius 3 is 2.89 bits per heavy atom. The van der Waals surface area contributed by atoms with E-state index < -0.39 is 0 Å². The van der Waals surface area contributed by atoms with E-state index in [4.69, 9.17) is 15.2 Å². The molecule has 1 heterocycles. The van der Waals surface area contributed by atoms with Crippen LogP contribution in [0.1, 0.15) is 32.1 Å². The molecule has 2 aliphatic rings. The van der Waals surface area contributed by atoms with Gasteiger partial charge in [-0.05, 0) is 25.7 Å². The van der Waals surface area contributed by atoms with E-state index in [-0.39, 0.29) is 11.5 Å². The average Bonchev–Trinajstić information content (AvgIpc) is 2.40. The molecule has 18 heavy (non-hydrogen) atoms. The van der Waals surface area contributed by atoms with Crippen molar-refractivity contribution >= 4 is 5.91 Å². The second-order valence-electron chi connectivity index (χ2n) is 5.43. The first-order chi connectivity index (χ1) is 8.65. The van der Waals surface area contributed by atoms with Crippen molar-refractivity contribution in [1.29, 1.82) is 0 Å². The van der Waals surface area contributed by atoms with Crippen LogP contribution in [0.2, 0.25) is 0 Å². The van der Waals surface area contributed by atoms with E-state index in [0.29, 0.717) is 32.2 Å². The number of rotatable bonds is 3. The van der Waals surface area contributed by atoms with Gasteiger partial charge in [0.05, 0.1) is 25.2 Å². The minimum absolute atomic E-state index is 0.128. The van der Waals surface area contributed by atoms with E-state index in [0.717, 1.165) is 32.2 Å². The second kappa shape index (κ2) is 5.99. The molecule has 0 bridgehead atoms. The van der Waals surface area contributed by atoms with Crippen LogP contribution in [0.5, 0.6) is 0 Å². The Morgan fingerprint density at radius 2 is 2.22 bits per heavy atom.